The van der Waals surface area contributed by atoms with E-state index in [9.17, 15) is 0 Å². The van der Waals surface area contributed by atoms with Gasteiger partial charge in [-0.1, -0.05) is 5.16 Å². The summed E-state index contributed by atoms with van der Waals surface area (Å²) in [5.74, 6) is 1.88. The number of aromatic nitrogens is 1. The van der Waals surface area contributed by atoms with Crippen molar-refractivity contribution in [3.63, 3.8) is 0 Å². The molecule has 0 spiro atoms. The molecule has 0 saturated carbocycles. The monoisotopic (exact) mass is 339 g/mol. The smallest absolute Gasteiger partial charge is 0.193 e. The first-order valence-electron chi connectivity index (χ1n) is 8.09. The lowest BCUT2D eigenvalue weighted by atomic mass is 10.2. The van der Waals surface area contributed by atoms with E-state index in [1.807, 2.05) is 31.8 Å². The van der Waals surface area contributed by atoms with E-state index in [0.29, 0.717) is 0 Å². The second-order valence-electron chi connectivity index (χ2n) is 6.56. The van der Waals surface area contributed by atoms with Gasteiger partial charge in [0.1, 0.15) is 5.76 Å². The molecule has 1 saturated heterocycles. The molecule has 23 heavy (non-hydrogen) atoms. The molecule has 0 unspecified atom stereocenters. The molecule has 0 radical (unpaired) electrons. The van der Waals surface area contributed by atoms with Gasteiger partial charge in [-0.3, -0.25) is 9.89 Å². The average molecular weight is 340 g/mol. The van der Waals surface area contributed by atoms with Gasteiger partial charge in [0.05, 0.1) is 5.69 Å². The first kappa shape index (κ1) is 18.1. The molecule has 0 amide bonds. The van der Waals surface area contributed by atoms with Crippen molar-refractivity contribution in [1.82, 2.24) is 20.3 Å². The minimum Gasteiger partial charge on any atom is -0.361 e. The molecule has 0 bridgehead atoms. The normalized spacial score (nSPS) is 17.6. The minimum absolute atomic E-state index is 0.211. The molecule has 1 aromatic rings. The second kappa shape index (κ2) is 8.06. The molecule has 1 aromatic heterocycles. The molecule has 2 heterocycles. The Morgan fingerprint density at radius 3 is 2.61 bits per heavy atom. The van der Waals surface area contributed by atoms with Crippen molar-refractivity contribution in [3.05, 3.63) is 17.5 Å². The number of hydrogen-bond donors (Lipinski definition) is 1. The van der Waals surface area contributed by atoms with Crippen LogP contribution in [0.15, 0.2) is 15.6 Å². The van der Waals surface area contributed by atoms with Crippen LogP contribution in [0.1, 0.15) is 25.3 Å². The van der Waals surface area contributed by atoms with E-state index < -0.39 is 0 Å². The molecule has 0 aliphatic carbocycles. The Kier molecular flexibility index (Phi) is 6.35. The van der Waals surface area contributed by atoms with Gasteiger partial charge in [0.2, 0.25) is 0 Å². The van der Waals surface area contributed by atoms with Gasteiger partial charge in [0, 0.05) is 57.1 Å². The Hall–Kier alpha value is -1.21. The molecule has 2 rings (SSSR count). The molecule has 130 valence electrons. The molecule has 1 aliphatic rings. The topological polar surface area (TPSA) is 56.9 Å². The van der Waals surface area contributed by atoms with Crippen molar-refractivity contribution >= 4 is 17.7 Å². The van der Waals surface area contributed by atoms with E-state index in [2.05, 4.69) is 45.4 Å². The number of aliphatic imine (C=N–C) groups is 1. The van der Waals surface area contributed by atoms with Gasteiger partial charge in [-0.25, -0.2) is 0 Å². The van der Waals surface area contributed by atoms with Gasteiger partial charge in [0.15, 0.2) is 5.96 Å². The summed E-state index contributed by atoms with van der Waals surface area (Å²) < 4.78 is 5.35. The third kappa shape index (κ3) is 5.42. The van der Waals surface area contributed by atoms with Gasteiger partial charge in [-0.05, 0) is 27.0 Å². The van der Waals surface area contributed by atoms with Crippen LogP contribution in [-0.2, 0) is 6.54 Å². The van der Waals surface area contributed by atoms with Crippen LogP contribution in [0.25, 0.3) is 0 Å². The van der Waals surface area contributed by atoms with Crippen LogP contribution >= 0.6 is 11.8 Å². The fourth-order valence-corrected chi connectivity index (χ4v) is 2.75. The van der Waals surface area contributed by atoms with Crippen molar-refractivity contribution in [2.24, 2.45) is 4.99 Å². The molecule has 6 nitrogen and oxygen atoms in total. The lowest BCUT2D eigenvalue weighted by Gasteiger charge is -2.37. The Balaban J connectivity index is 1.80. The summed E-state index contributed by atoms with van der Waals surface area (Å²) in [4.78, 5) is 9.18. The van der Waals surface area contributed by atoms with Gasteiger partial charge in [-0.2, -0.15) is 11.8 Å². The number of guanidine groups is 1. The minimum atomic E-state index is 0.211. The molecule has 1 aliphatic heterocycles. The molecule has 1 fully saturated rings. The maximum Gasteiger partial charge on any atom is 0.193 e. The lowest BCUT2D eigenvalue weighted by molar-refractivity contribution is 0.169. The van der Waals surface area contributed by atoms with Gasteiger partial charge >= 0.3 is 0 Å². The molecule has 0 atom stereocenters. The van der Waals surface area contributed by atoms with E-state index >= 15 is 0 Å². The van der Waals surface area contributed by atoms with Crippen LogP contribution in [0.5, 0.6) is 0 Å². The number of aryl methyl sites for hydroxylation is 1. The van der Waals surface area contributed by atoms with Crippen molar-refractivity contribution in [1.29, 1.82) is 0 Å². The average Bonchev–Trinajstić information content (AvgIpc) is 2.94. The third-order valence-electron chi connectivity index (χ3n) is 4.17. The number of rotatable bonds is 5. The van der Waals surface area contributed by atoms with Crippen molar-refractivity contribution in [2.45, 2.75) is 32.1 Å². The maximum absolute atomic E-state index is 5.14. The summed E-state index contributed by atoms with van der Waals surface area (Å²) in [7, 11) is 1.86. The Morgan fingerprint density at radius 2 is 2.09 bits per heavy atom. The van der Waals surface area contributed by atoms with Crippen molar-refractivity contribution < 1.29 is 4.52 Å². The Labute approximate surface area is 143 Å². The summed E-state index contributed by atoms with van der Waals surface area (Å²) in [5, 5.41) is 7.58. The summed E-state index contributed by atoms with van der Waals surface area (Å²) in [5.41, 5.74) is 1.01. The summed E-state index contributed by atoms with van der Waals surface area (Å²) in [6.45, 7) is 12.2. The van der Waals surface area contributed by atoms with Crippen molar-refractivity contribution in [2.75, 3.05) is 46.0 Å². The Bertz CT molecular complexity index is 520. The second-order valence-corrected chi connectivity index (χ2v) is 8.07. The molecular formula is C16H29N5OS. The van der Waals surface area contributed by atoms with Crippen LogP contribution < -0.4 is 5.32 Å². The zero-order valence-corrected chi connectivity index (χ0v) is 15.7. The van der Waals surface area contributed by atoms with E-state index in [4.69, 9.17) is 4.52 Å². The first-order valence-corrected chi connectivity index (χ1v) is 9.31. The maximum atomic E-state index is 5.14. The first-order chi connectivity index (χ1) is 10.9. The molecular weight excluding hydrogens is 310 g/mol. The number of piperazine rings is 1. The van der Waals surface area contributed by atoms with E-state index in [1.54, 1.807) is 0 Å². The van der Waals surface area contributed by atoms with Gasteiger partial charge < -0.3 is 14.7 Å². The van der Waals surface area contributed by atoms with E-state index in [-0.39, 0.29) is 4.75 Å². The molecule has 1 N–H and O–H groups in total. The van der Waals surface area contributed by atoms with Crippen LogP contribution in [0.3, 0.4) is 0 Å². The fraction of sp³-hybridized carbons (Fsp3) is 0.750. The highest BCUT2D eigenvalue weighted by Gasteiger charge is 2.22. The summed E-state index contributed by atoms with van der Waals surface area (Å²) in [6, 6.07) is 2.01. The highest BCUT2D eigenvalue weighted by molar-refractivity contribution is 7.99. The molecule has 0 aromatic carbocycles. The number of nitrogens with zero attached hydrogens (tertiary/aromatic N) is 4. The van der Waals surface area contributed by atoms with Crippen LogP contribution in [0.4, 0.5) is 0 Å². The Morgan fingerprint density at radius 1 is 1.39 bits per heavy atom. The predicted molar refractivity (Wildman–Crippen MR) is 97.0 cm³/mol. The van der Waals surface area contributed by atoms with Crippen LogP contribution in [-0.4, -0.2) is 71.7 Å². The highest BCUT2D eigenvalue weighted by Crippen LogP contribution is 2.19. The van der Waals surface area contributed by atoms with Crippen LogP contribution in [0, 0.1) is 6.92 Å². The van der Waals surface area contributed by atoms with E-state index in [0.717, 1.165) is 56.7 Å². The van der Waals surface area contributed by atoms with Crippen molar-refractivity contribution in [3.8, 4) is 0 Å². The third-order valence-corrected chi connectivity index (χ3v) is 5.42. The fourth-order valence-electron chi connectivity index (χ4n) is 2.54. The van der Waals surface area contributed by atoms with E-state index in [1.165, 1.54) is 0 Å². The number of nitrogens with one attached hydrogen (secondary N) is 1. The lowest BCUT2D eigenvalue weighted by Crippen LogP contribution is -2.53. The number of thioether (sulfide) groups is 1. The van der Waals surface area contributed by atoms with Crippen LogP contribution in [0.2, 0.25) is 0 Å². The standard InChI is InChI=1S/C16H29N5OS/c1-13-10-14(19-22-13)11-20-6-8-21(9-7-20)15(17-4)18-12-16(2,3)23-5/h10H,6-9,11-12H2,1-5H3,(H,17,18). The quantitative estimate of drug-likeness (QED) is 0.652. The highest BCUT2D eigenvalue weighted by atomic mass is 32.2. The molecule has 7 heteroatoms. The predicted octanol–water partition coefficient (Wildman–Crippen LogP) is 1.82. The van der Waals surface area contributed by atoms with Gasteiger partial charge in [0.25, 0.3) is 0 Å². The SMILES string of the molecule is CN=C(NCC(C)(C)SC)N1CCN(Cc2cc(C)on2)CC1. The zero-order chi connectivity index (χ0) is 16.9. The largest absolute Gasteiger partial charge is 0.361 e. The van der Waals surface area contributed by atoms with Gasteiger partial charge in [-0.15, -0.1) is 0 Å². The number of hydrogen-bond acceptors (Lipinski definition) is 5. The zero-order valence-electron chi connectivity index (χ0n) is 14.9. The summed E-state index contributed by atoms with van der Waals surface area (Å²) >= 11 is 1.87. The summed E-state index contributed by atoms with van der Waals surface area (Å²) in [6.07, 6.45) is 2.15.